The summed E-state index contributed by atoms with van der Waals surface area (Å²) in [6.07, 6.45) is 2.69. The Labute approximate surface area is 85.4 Å². The van der Waals surface area contributed by atoms with Crippen LogP contribution >= 0.6 is 0 Å². The summed E-state index contributed by atoms with van der Waals surface area (Å²) in [5, 5.41) is 0. The van der Waals surface area contributed by atoms with Crippen molar-refractivity contribution in [1.29, 1.82) is 0 Å². The molecule has 0 atom stereocenters. The van der Waals surface area contributed by atoms with Gasteiger partial charge in [0, 0.05) is 23.4 Å². The molecule has 76 valence electrons. The number of hydrogen-bond donors (Lipinski definition) is 0. The molecule has 0 saturated carbocycles. The van der Waals surface area contributed by atoms with E-state index in [9.17, 15) is 4.79 Å². The molecule has 1 aromatic rings. The van der Waals surface area contributed by atoms with Crippen molar-refractivity contribution in [2.24, 2.45) is 0 Å². The number of pyridine rings is 1. The fraction of sp³-hybridized carbons (Fsp3) is 0.500. The van der Waals surface area contributed by atoms with Gasteiger partial charge in [-0.1, -0.05) is 13.3 Å². The summed E-state index contributed by atoms with van der Waals surface area (Å²) < 4.78 is 0. The lowest BCUT2D eigenvalue weighted by molar-refractivity contribution is 0.0979. The zero-order chi connectivity index (χ0) is 10.6. The largest absolute Gasteiger partial charge is 0.294 e. The molecule has 0 radical (unpaired) electrons. The second kappa shape index (κ2) is 4.89. The molecule has 0 bridgehead atoms. The van der Waals surface area contributed by atoms with Gasteiger partial charge in [0.15, 0.2) is 5.78 Å². The van der Waals surface area contributed by atoms with E-state index in [1.54, 1.807) is 0 Å². The number of aryl methyl sites for hydroxylation is 2. The van der Waals surface area contributed by atoms with Gasteiger partial charge in [-0.2, -0.15) is 0 Å². The summed E-state index contributed by atoms with van der Waals surface area (Å²) in [6, 6.07) is 3.73. The maximum Gasteiger partial charge on any atom is 0.163 e. The number of carbonyl (C=O) groups is 1. The zero-order valence-corrected chi connectivity index (χ0v) is 9.13. The Hall–Kier alpha value is -1.18. The third-order valence-electron chi connectivity index (χ3n) is 2.16. The molecule has 0 saturated heterocycles. The molecular formula is C12H17NO. The highest BCUT2D eigenvalue weighted by Gasteiger charge is 2.06. The minimum absolute atomic E-state index is 0.237. The molecule has 0 aliphatic carbocycles. The van der Waals surface area contributed by atoms with Gasteiger partial charge in [-0.15, -0.1) is 0 Å². The van der Waals surface area contributed by atoms with Crippen LogP contribution in [0.15, 0.2) is 12.1 Å². The highest BCUT2D eigenvalue weighted by molar-refractivity contribution is 5.96. The molecule has 0 fully saturated rings. The number of Topliss-reactive ketones (excluding diaryl/α,β-unsaturated/α-hetero) is 1. The average molecular weight is 191 g/mol. The molecule has 0 aliphatic rings. The first-order chi connectivity index (χ1) is 6.63. The van der Waals surface area contributed by atoms with E-state index in [1.807, 2.05) is 26.0 Å². The fourth-order valence-corrected chi connectivity index (χ4v) is 1.48. The molecule has 0 N–H and O–H groups in total. The lowest BCUT2D eigenvalue weighted by Crippen LogP contribution is -2.01. The van der Waals surface area contributed by atoms with E-state index in [0.29, 0.717) is 6.42 Å². The van der Waals surface area contributed by atoms with Crippen LogP contribution in [-0.4, -0.2) is 10.8 Å². The standard InChI is InChI=1S/C12H17NO/c1-4-5-6-12(14)11-7-9(2)13-10(3)8-11/h7-8H,4-6H2,1-3H3. The van der Waals surface area contributed by atoms with Crippen molar-refractivity contribution in [3.8, 4) is 0 Å². The molecular weight excluding hydrogens is 174 g/mol. The van der Waals surface area contributed by atoms with Gasteiger partial charge in [0.1, 0.15) is 0 Å². The maximum absolute atomic E-state index is 11.7. The molecule has 2 nitrogen and oxygen atoms in total. The second-order valence-corrected chi connectivity index (χ2v) is 3.67. The Morgan fingerprint density at radius 1 is 1.29 bits per heavy atom. The summed E-state index contributed by atoms with van der Waals surface area (Å²) in [5.41, 5.74) is 2.65. The van der Waals surface area contributed by atoms with Crippen molar-refractivity contribution in [1.82, 2.24) is 4.98 Å². The zero-order valence-electron chi connectivity index (χ0n) is 9.13. The van der Waals surface area contributed by atoms with Crippen molar-refractivity contribution in [2.45, 2.75) is 40.0 Å². The van der Waals surface area contributed by atoms with E-state index in [0.717, 1.165) is 29.8 Å². The van der Waals surface area contributed by atoms with Gasteiger partial charge in [0.2, 0.25) is 0 Å². The number of rotatable bonds is 4. The van der Waals surface area contributed by atoms with Gasteiger partial charge in [0.05, 0.1) is 0 Å². The maximum atomic E-state index is 11.7. The Balaban J connectivity index is 2.79. The summed E-state index contributed by atoms with van der Waals surface area (Å²) >= 11 is 0. The van der Waals surface area contributed by atoms with Crippen LogP contribution in [-0.2, 0) is 0 Å². The van der Waals surface area contributed by atoms with Crippen molar-refractivity contribution in [3.63, 3.8) is 0 Å². The Bertz CT molecular complexity index is 311. The van der Waals surface area contributed by atoms with Crippen molar-refractivity contribution >= 4 is 5.78 Å². The topological polar surface area (TPSA) is 30.0 Å². The smallest absolute Gasteiger partial charge is 0.163 e. The number of carbonyl (C=O) groups excluding carboxylic acids is 1. The molecule has 0 aromatic carbocycles. The summed E-state index contributed by atoms with van der Waals surface area (Å²) in [4.78, 5) is 15.9. The second-order valence-electron chi connectivity index (χ2n) is 3.67. The first-order valence-corrected chi connectivity index (χ1v) is 5.12. The molecule has 0 spiro atoms. The third kappa shape index (κ3) is 2.95. The monoisotopic (exact) mass is 191 g/mol. The van der Waals surface area contributed by atoms with Crippen LogP contribution in [0.1, 0.15) is 47.9 Å². The molecule has 0 aliphatic heterocycles. The molecule has 0 amide bonds. The fourth-order valence-electron chi connectivity index (χ4n) is 1.48. The predicted molar refractivity (Wildman–Crippen MR) is 57.6 cm³/mol. The van der Waals surface area contributed by atoms with Crippen LogP contribution in [0.5, 0.6) is 0 Å². The van der Waals surface area contributed by atoms with Crippen LogP contribution in [0.2, 0.25) is 0 Å². The number of hydrogen-bond acceptors (Lipinski definition) is 2. The van der Waals surface area contributed by atoms with Gasteiger partial charge in [-0.3, -0.25) is 9.78 Å². The number of aromatic nitrogens is 1. The Morgan fingerprint density at radius 3 is 2.36 bits per heavy atom. The minimum Gasteiger partial charge on any atom is -0.294 e. The van der Waals surface area contributed by atoms with Gasteiger partial charge in [0.25, 0.3) is 0 Å². The number of ketones is 1. The third-order valence-corrected chi connectivity index (χ3v) is 2.16. The minimum atomic E-state index is 0.237. The molecule has 1 heterocycles. The summed E-state index contributed by atoms with van der Waals surface area (Å²) in [6.45, 7) is 5.93. The van der Waals surface area contributed by atoms with Crippen molar-refractivity contribution < 1.29 is 4.79 Å². The van der Waals surface area contributed by atoms with Crippen molar-refractivity contribution in [2.75, 3.05) is 0 Å². The van der Waals surface area contributed by atoms with Gasteiger partial charge in [-0.25, -0.2) is 0 Å². The van der Waals surface area contributed by atoms with Crippen LogP contribution in [0.25, 0.3) is 0 Å². The first kappa shape index (κ1) is 10.9. The van der Waals surface area contributed by atoms with Crippen LogP contribution in [0, 0.1) is 13.8 Å². The Kier molecular flexibility index (Phi) is 3.81. The molecule has 14 heavy (non-hydrogen) atoms. The van der Waals surface area contributed by atoms with E-state index < -0.39 is 0 Å². The quantitative estimate of drug-likeness (QED) is 0.684. The summed E-state index contributed by atoms with van der Waals surface area (Å²) in [7, 11) is 0. The van der Waals surface area contributed by atoms with E-state index in [1.165, 1.54) is 0 Å². The Morgan fingerprint density at radius 2 is 1.86 bits per heavy atom. The summed E-state index contributed by atoms with van der Waals surface area (Å²) in [5.74, 6) is 0.237. The van der Waals surface area contributed by atoms with E-state index >= 15 is 0 Å². The molecule has 1 rings (SSSR count). The van der Waals surface area contributed by atoms with Crippen LogP contribution in [0.4, 0.5) is 0 Å². The van der Waals surface area contributed by atoms with Gasteiger partial charge >= 0.3 is 0 Å². The van der Waals surface area contributed by atoms with Crippen LogP contribution in [0.3, 0.4) is 0 Å². The highest BCUT2D eigenvalue weighted by atomic mass is 16.1. The SMILES string of the molecule is CCCCC(=O)c1cc(C)nc(C)c1. The predicted octanol–water partition coefficient (Wildman–Crippen LogP) is 3.07. The van der Waals surface area contributed by atoms with Crippen molar-refractivity contribution in [3.05, 3.63) is 29.1 Å². The lowest BCUT2D eigenvalue weighted by atomic mass is 10.1. The van der Waals surface area contributed by atoms with E-state index in [2.05, 4.69) is 11.9 Å². The first-order valence-electron chi connectivity index (χ1n) is 5.12. The number of nitrogens with zero attached hydrogens (tertiary/aromatic N) is 1. The highest BCUT2D eigenvalue weighted by Crippen LogP contribution is 2.09. The van der Waals surface area contributed by atoms with Gasteiger partial charge in [-0.05, 0) is 32.4 Å². The van der Waals surface area contributed by atoms with Crippen LogP contribution < -0.4 is 0 Å². The normalized spacial score (nSPS) is 10.2. The lowest BCUT2D eigenvalue weighted by Gasteiger charge is -2.02. The molecule has 0 unspecified atom stereocenters. The van der Waals surface area contributed by atoms with E-state index in [-0.39, 0.29) is 5.78 Å². The average Bonchev–Trinajstić information content (AvgIpc) is 2.12. The molecule has 1 aromatic heterocycles. The molecule has 2 heteroatoms. The van der Waals surface area contributed by atoms with E-state index in [4.69, 9.17) is 0 Å². The number of unbranched alkanes of at least 4 members (excludes halogenated alkanes) is 1. The van der Waals surface area contributed by atoms with Gasteiger partial charge < -0.3 is 0 Å².